The normalized spacial score (nSPS) is 13.9. The zero-order valence-electron chi connectivity index (χ0n) is 64.8. The minimum Gasteiger partial charge on any atom is -0.462 e. The van der Waals surface area contributed by atoms with Crippen molar-refractivity contribution in [2.45, 2.75) is 439 Å². The predicted molar refractivity (Wildman–Crippen MR) is 405 cm³/mol. The molecule has 0 aliphatic rings. The van der Waals surface area contributed by atoms with E-state index in [1.165, 1.54) is 238 Å². The maximum Gasteiger partial charge on any atom is 0.472 e. The number of aliphatic hydroxyl groups excluding tert-OH is 1. The standard InChI is InChI=1S/C80H156O17P2/c1-7-9-11-13-15-17-18-19-20-21-22-23-24-25-26-27-32-35-39-46-52-58-64-79(84)96-75(69-91-78(83)63-57-51-45-38-34-31-29-28-30-33-37-42-48-54-60-72(3)4)70-94-98(86,87)92-66-74(81)67-93-99(88,89)95-71-76(68-90-77(82)62-56-50-44-36-16-14-12-10-8-2)97-80(85)65-59-53-47-41-40-43-49-55-61-73(5)6/h72-76,81H,7-71H2,1-6H3,(H,86,87)(H,88,89)/t74-,75-,76-/m1/s1. The van der Waals surface area contributed by atoms with Crippen LogP contribution in [0.5, 0.6) is 0 Å². The second-order valence-corrected chi connectivity index (χ2v) is 32.7. The maximum atomic E-state index is 13.1. The Hall–Kier alpha value is -1.94. The van der Waals surface area contributed by atoms with Gasteiger partial charge in [0, 0.05) is 25.7 Å². The second-order valence-electron chi connectivity index (χ2n) is 29.8. The van der Waals surface area contributed by atoms with Gasteiger partial charge in [0.15, 0.2) is 12.2 Å². The molecular weight excluding hydrogens is 1290 g/mol. The number of phosphoric acid groups is 2. The molecular formula is C80H156O17P2. The molecule has 0 aliphatic carbocycles. The predicted octanol–water partition coefficient (Wildman–Crippen LogP) is 23.9. The maximum absolute atomic E-state index is 13.1. The molecule has 0 spiro atoms. The Kier molecular flexibility index (Phi) is 70.3. The van der Waals surface area contributed by atoms with Crippen molar-refractivity contribution in [1.82, 2.24) is 0 Å². The average molecular weight is 1450 g/mol. The number of rotatable bonds is 79. The topological polar surface area (TPSA) is 237 Å². The first kappa shape index (κ1) is 97.1. The first-order valence-corrected chi connectivity index (χ1v) is 44.5. The van der Waals surface area contributed by atoms with Gasteiger partial charge in [0.2, 0.25) is 0 Å². The summed E-state index contributed by atoms with van der Waals surface area (Å²) in [5.41, 5.74) is 0. The zero-order valence-corrected chi connectivity index (χ0v) is 66.6. The fourth-order valence-electron chi connectivity index (χ4n) is 12.4. The molecule has 19 heteroatoms. The molecule has 3 N–H and O–H groups in total. The Morgan fingerprint density at radius 2 is 0.465 bits per heavy atom. The molecule has 0 aromatic carbocycles. The van der Waals surface area contributed by atoms with E-state index in [4.69, 9.17) is 37.0 Å². The molecule has 2 unspecified atom stereocenters. The van der Waals surface area contributed by atoms with Crippen molar-refractivity contribution in [3.05, 3.63) is 0 Å². The monoisotopic (exact) mass is 1450 g/mol. The van der Waals surface area contributed by atoms with E-state index >= 15 is 0 Å². The fourth-order valence-corrected chi connectivity index (χ4v) is 13.9. The van der Waals surface area contributed by atoms with Crippen LogP contribution >= 0.6 is 15.6 Å². The molecule has 99 heavy (non-hydrogen) atoms. The van der Waals surface area contributed by atoms with Gasteiger partial charge in [-0.3, -0.25) is 37.3 Å². The van der Waals surface area contributed by atoms with Crippen molar-refractivity contribution in [2.75, 3.05) is 39.6 Å². The molecule has 0 aromatic rings. The third-order valence-corrected chi connectivity index (χ3v) is 20.6. The van der Waals surface area contributed by atoms with Crippen molar-refractivity contribution < 1.29 is 80.2 Å². The summed E-state index contributed by atoms with van der Waals surface area (Å²) in [4.78, 5) is 72.9. The van der Waals surface area contributed by atoms with Gasteiger partial charge in [0.05, 0.1) is 26.4 Å². The first-order valence-electron chi connectivity index (χ1n) is 41.5. The van der Waals surface area contributed by atoms with E-state index < -0.39 is 97.5 Å². The molecule has 0 aromatic heterocycles. The van der Waals surface area contributed by atoms with Gasteiger partial charge in [0.25, 0.3) is 0 Å². The molecule has 0 saturated heterocycles. The van der Waals surface area contributed by atoms with Crippen molar-refractivity contribution in [3.8, 4) is 0 Å². The molecule has 0 saturated carbocycles. The number of hydrogen-bond donors (Lipinski definition) is 3. The molecule has 0 bridgehead atoms. The third kappa shape index (κ3) is 74.1. The second kappa shape index (κ2) is 71.7. The van der Waals surface area contributed by atoms with E-state index in [1.54, 1.807) is 0 Å². The third-order valence-electron chi connectivity index (χ3n) is 18.7. The number of hydrogen-bond acceptors (Lipinski definition) is 15. The summed E-state index contributed by atoms with van der Waals surface area (Å²) >= 11 is 0. The van der Waals surface area contributed by atoms with Crippen LogP contribution < -0.4 is 0 Å². The number of esters is 4. The highest BCUT2D eigenvalue weighted by Crippen LogP contribution is 2.45. The van der Waals surface area contributed by atoms with Gasteiger partial charge in [-0.1, -0.05) is 369 Å². The summed E-state index contributed by atoms with van der Waals surface area (Å²) in [6.07, 6.45) is 61.3. The number of phosphoric ester groups is 2. The van der Waals surface area contributed by atoms with E-state index in [0.29, 0.717) is 25.7 Å². The van der Waals surface area contributed by atoms with Gasteiger partial charge in [0.1, 0.15) is 19.3 Å². The Labute approximate surface area is 607 Å². The lowest BCUT2D eigenvalue weighted by Gasteiger charge is -2.21. The molecule has 588 valence electrons. The van der Waals surface area contributed by atoms with E-state index in [2.05, 4.69) is 41.5 Å². The molecule has 0 fully saturated rings. The molecule has 0 rings (SSSR count). The van der Waals surface area contributed by atoms with Gasteiger partial charge in [-0.25, -0.2) is 9.13 Å². The Bertz CT molecular complexity index is 1910. The van der Waals surface area contributed by atoms with Gasteiger partial charge in [-0.05, 0) is 37.5 Å². The molecule has 0 radical (unpaired) electrons. The summed E-state index contributed by atoms with van der Waals surface area (Å²) in [5, 5.41) is 10.6. The lowest BCUT2D eigenvalue weighted by atomic mass is 10.0. The van der Waals surface area contributed by atoms with Gasteiger partial charge in [-0.15, -0.1) is 0 Å². The molecule has 17 nitrogen and oxygen atoms in total. The Balaban J connectivity index is 5.18. The van der Waals surface area contributed by atoms with Crippen LogP contribution in [-0.2, 0) is 65.4 Å². The minimum absolute atomic E-state index is 0.105. The first-order chi connectivity index (χ1) is 47.9. The zero-order chi connectivity index (χ0) is 72.8. The lowest BCUT2D eigenvalue weighted by molar-refractivity contribution is -0.161. The SMILES string of the molecule is CCCCCCCCCCCCCCCCCCCCCCCCC(=O)O[C@H](COC(=O)CCCCCCCCCCCCCCCCC(C)C)COP(=O)(O)OC[C@@H](O)COP(=O)(O)OC[C@@H](COC(=O)CCCCCCCCCCC)OC(=O)CCCCCCCCCCC(C)C. The Morgan fingerprint density at radius 1 is 0.273 bits per heavy atom. The summed E-state index contributed by atoms with van der Waals surface area (Å²) in [6.45, 7) is 9.58. The van der Waals surface area contributed by atoms with E-state index in [0.717, 1.165) is 102 Å². The number of unbranched alkanes of at least 4 members (excludes halogenated alkanes) is 49. The molecule has 0 aliphatic heterocycles. The van der Waals surface area contributed by atoms with Crippen LogP contribution in [0.25, 0.3) is 0 Å². The van der Waals surface area contributed by atoms with Crippen LogP contribution in [0.4, 0.5) is 0 Å². The van der Waals surface area contributed by atoms with Crippen LogP contribution in [-0.4, -0.2) is 96.7 Å². The van der Waals surface area contributed by atoms with Crippen molar-refractivity contribution in [2.24, 2.45) is 11.8 Å². The Morgan fingerprint density at radius 3 is 0.687 bits per heavy atom. The minimum atomic E-state index is -4.96. The largest absolute Gasteiger partial charge is 0.472 e. The van der Waals surface area contributed by atoms with Gasteiger partial charge < -0.3 is 33.8 Å². The van der Waals surface area contributed by atoms with Crippen LogP contribution in [0.1, 0.15) is 420 Å². The van der Waals surface area contributed by atoms with Crippen LogP contribution in [0.2, 0.25) is 0 Å². The quantitative estimate of drug-likeness (QED) is 0.0222. The van der Waals surface area contributed by atoms with Crippen molar-refractivity contribution in [1.29, 1.82) is 0 Å². The van der Waals surface area contributed by atoms with Crippen LogP contribution in [0.3, 0.4) is 0 Å². The number of ether oxygens (including phenoxy) is 4. The summed E-state index contributed by atoms with van der Waals surface area (Å²) in [7, 11) is -9.91. The van der Waals surface area contributed by atoms with Crippen molar-refractivity contribution >= 4 is 39.5 Å². The number of carbonyl (C=O) groups is 4. The smallest absolute Gasteiger partial charge is 0.462 e. The fraction of sp³-hybridized carbons (Fsp3) is 0.950. The van der Waals surface area contributed by atoms with E-state index in [-0.39, 0.29) is 25.7 Å². The van der Waals surface area contributed by atoms with Crippen LogP contribution in [0, 0.1) is 11.8 Å². The molecule has 0 amide bonds. The molecule has 5 atom stereocenters. The number of carbonyl (C=O) groups excluding carboxylic acids is 4. The highest BCUT2D eigenvalue weighted by Gasteiger charge is 2.30. The summed E-state index contributed by atoms with van der Waals surface area (Å²) in [6, 6.07) is 0. The van der Waals surface area contributed by atoms with E-state index in [1.807, 2.05) is 0 Å². The average Bonchev–Trinajstić information content (AvgIpc) is 2.06. The highest BCUT2D eigenvalue weighted by atomic mass is 31.2. The summed E-state index contributed by atoms with van der Waals surface area (Å²) in [5.74, 6) is -0.597. The number of aliphatic hydroxyl groups is 1. The van der Waals surface area contributed by atoms with Crippen molar-refractivity contribution in [3.63, 3.8) is 0 Å². The van der Waals surface area contributed by atoms with Gasteiger partial charge >= 0.3 is 39.5 Å². The highest BCUT2D eigenvalue weighted by molar-refractivity contribution is 7.47. The summed E-state index contributed by atoms with van der Waals surface area (Å²) < 4.78 is 68.6. The molecule has 0 heterocycles. The van der Waals surface area contributed by atoms with Crippen LogP contribution in [0.15, 0.2) is 0 Å². The lowest BCUT2D eigenvalue weighted by Crippen LogP contribution is -2.30. The van der Waals surface area contributed by atoms with E-state index in [9.17, 15) is 43.2 Å². The van der Waals surface area contributed by atoms with Gasteiger partial charge in [-0.2, -0.15) is 0 Å².